The van der Waals surface area contributed by atoms with Crippen molar-refractivity contribution in [2.45, 2.75) is 45.1 Å². The SMILES string of the molecule is CC1CCCCN1C(=O)CN1CCN(C(=O)C2CCN(c3oc(-c4ccco4)nc3C#N)CC2)CC1. The molecule has 0 aliphatic carbocycles. The molecule has 5 heterocycles. The first-order valence-corrected chi connectivity index (χ1v) is 13.0. The highest BCUT2D eigenvalue weighted by atomic mass is 16.4. The number of likely N-dealkylation sites (tertiary alicyclic amines) is 1. The number of oxazole rings is 1. The van der Waals surface area contributed by atoms with Crippen LogP contribution in [0.5, 0.6) is 0 Å². The van der Waals surface area contributed by atoms with Crippen LogP contribution < -0.4 is 4.90 Å². The third-order valence-electron chi connectivity index (χ3n) is 7.74. The van der Waals surface area contributed by atoms with E-state index < -0.39 is 0 Å². The number of piperidine rings is 2. The van der Waals surface area contributed by atoms with Crippen molar-refractivity contribution in [3.05, 3.63) is 24.1 Å². The average molecular weight is 495 g/mol. The van der Waals surface area contributed by atoms with Crippen LogP contribution in [0.3, 0.4) is 0 Å². The molecule has 0 bridgehead atoms. The van der Waals surface area contributed by atoms with Gasteiger partial charge >= 0.3 is 0 Å². The summed E-state index contributed by atoms with van der Waals surface area (Å²) in [5.74, 6) is 1.58. The third kappa shape index (κ3) is 5.12. The number of carbonyl (C=O) groups excluding carboxylic acids is 2. The first-order valence-electron chi connectivity index (χ1n) is 13.0. The van der Waals surface area contributed by atoms with E-state index in [0.717, 1.165) is 32.5 Å². The van der Waals surface area contributed by atoms with Crippen LogP contribution in [0.1, 0.15) is 44.7 Å². The molecule has 0 radical (unpaired) electrons. The molecule has 2 aromatic rings. The van der Waals surface area contributed by atoms with E-state index in [2.05, 4.69) is 22.9 Å². The molecule has 36 heavy (non-hydrogen) atoms. The maximum Gasteiger partial charge on any atom is 0.266 e. The Bertz CT molecular complexity index is 1090. The molecule has 10 nitrogen and oxygen atoms in total. The molecule has 0 aromatic carbocycles. The third-order valence-corrected chi connectivity index (χ3v) is 7.74. The van der Waals surface area contributed by atoms with Crippen molar-refractivity contribution in [2.75, 3.05) is 57.3 Å². The Labute approximate surface area is 211 Å². The lowest BCUT2D eigenvalue weighted by molar-refractivity contribution is -0.139. The van der Waals surface area contributed by atoms with Gasteiger partial charge < -0.3 is 23.5 Å². The standard InChI is InChI=1S/C26H34N6O4/c1-19-5-2-3-9-32(19)23(33)18-29-12-14-30(15-13-29)25(34)20-7-10-31(11-8-20)26-21(17-27)28-24(36-26)22-6-4-16-35-22/h4,6,16,19-20H,2-3,5,7-15,18H2,1H3. The Balaban J connectivity index is 1.10. The van der Waals surface area contributed by atoms with E-state index in [4.69, 9.17) is 8.83 Å². The lowest BCUT2D eigenvalue weighted by atomic mass is 9.95. The van der Waals surface area contributed by atoms with Gasteiger partial charge in [-0.3, -0.25) is 14.5 Å². The van der Waals surface area contributed by atoms with E-state index in [9.17, 15) is 14.9 Å². The average Bonchev–Trinajstić information content (AvgIpc) is 3.59. The smallest absolute Gasteiger partial charge is 0.266 e. The second-order valence-corrected chi connectivity index (χ2v) is 10.1. The molecule has 3 saturated heterocycles. The van der Waals surface area contributed by atoms with E-state index in [0.29, 0.717) is 63.3 Å². The van der Waals surface area contributed by atoms with Crippen molar-refractivity contribution in [2.24, 2.45) is 5.92 Å². The zero-order valence-electron chi connectivity index (χ0n) is 20.9. The second-order valence-electron chi connectivity index (χ2n) is 10.1. The maximum atomic E-state index is 13.2. The first kappa shape index (κ1) is 24.4. The number of rotatable bonds is 5. The number of carbonyl (C=O) groups is 2. The van der Waals surface area contributed by atoms with Gasteiger partial charge in [-0.25, -0.2) is 0 Å². The monoisotopic (exact) mass is 494 g/mol. The number of aromatic nitrogens is 1. The van der Waals surface area contributed by atoms with Crippen LogP contribution in [-0.2, 0) is 9.59 Å². The van der Waals surface area contributed by atoms with Gasteiger partial charge in [-0.05, 0) is 51.2 Å². The van der Waals surface area contributed by atoms with Gasteiger partial charge in [-0.1, -0.05) is 0 Å². The molecule has 0 N–H and O–H groups in total. The number of amides is 2. The predicted molar refractivity (Wildman–Crippen MR) is 132 cm³/mol. The molecule has 0 spiro atoms. The summed E-state index contributed by atoms with van der Waals surface area (Å²) >= 11 is 0. The summed E-state index contributed by atoms with van der Waals surface area (Å²) < 4.78 is 11.2. The molecule has 3 aliphatic rings. The lowest BCUT2D eigenvalue weighted by Gasteiger charge is -2.39. The quantitative estimate of drug-likeness (QED) is 0.624. The van der Waals surface area contributed by atoms with E-state index in [1.807, 2.05) is 14.7 Å². The number of hydrogen-bond donors (Lipinski definition) is 0. The summed E-state index contributed by atoms with van der Waals surface area (Å²) in [6, 6.07) is 5.92. The normalized spacial score (nSPS) is 22.0. The number of furan rings is 1. The maximum absolute atomic E-state index is 13.2. The topological polar surface area (TPSA) is 110 Å². The highest BCUT2D eigenvalue weighted by Gasteiger charge is 2.33. The number of nitriles is 1. The summed E-state index contributed by atoms with van der Waals surface area (Å²) in [7, 11) is 0. The van der Waals surface area contributed by atoms with Crippen LogP contribution in [0.25, 0.3) is 11.7 Å². The molecular formula is C26H34N6O4. The van der Waals surface area contributed by atoms with Gasteiger partial charge in [-0.2, -0.15) is 10.2 Å². The summed E-state index contributed by atoms with van der Waals surface area (Å²) in [5.41, 5.74) is 0.232. The van der Waals surface area contributed by atoms with E-state index in [1.165, 1.54) is 12.7 Å². The minimum atomic E-state index is -0.0402. The van der Waals surface area contributed by atoms with Gasteiger partial charge in [0.1, 0.15) is 6.07 Å². The number of anilines is 1. The van der Waals surface area contributed by atoms with Crippen molar-refractivity contribution in [1.82, 2.24) is 19.7 Å². The summed E-state index contributed by atoms with van der Waals surface area (Å²) in [6.07, 6.45) is 6.32. The van der Waals surface area contributed by atoms with Crippen LogP contribution >= 0.6 is 0 Å². The fraction of sp³-hybridized carbons (Fsp3) is 0.615. The zero-order valence-corrected chi connectivity index (χ0v) is 20.9. The van der Waals surface area contributed by atoms with E-state index in [-0.39, 0.29) is 29.3 Å². The fourth-order valence-electron chi connectivity index (χ4n) is 5.57. The predicted octanol–water partition coefficient (Wildman–Crippen LogP) is 2.57. The van der Waals surface area contributed by atoms with E-state index in [1.54, 1.807) is 12.1 Å². The Morgan fingerprint density at radius 2 is 1.86 bits per heavy atom. The Hall–Kier alpha value is -3.32. The van der Waals surface area contributed by atoms with Crippen molar-refractivity contribution in [1.29, 1.82) is 5.26 Å². The summed E-state index contributed by atoms with van der Waals surface area (Å²) in [5, 5.41) is 9.52. The number of nitrogens with zero attached hydrogens (tertiary/aromatic N) is 6. The molecule has 3 aliphatic heterocycles. The van der Waals surface area contributed by atoms with Crippen LogP contribution in [-0.4, -0.2) is 89.9 Å². The molecule has 1 unspecified atom stereocenters. The van der Waals surface area contributed by atoms with Gasteiger partial charge in [0.2, 0.25) is 23.4 Å². The summed E-state index contributed by atoms with van der Waals surface area (Å²) in [4.78, 5) is 38.4. The zero-order chi connectivity index (χ0) is 25.1. The van der Waals surface area contributed by atoms with E-state index >= 15 is 0 Å². The van der Waals surface area contributed by atoms with Crippen molar-refractivity contribution >= 4 is 17.7 Å². The van der Waals surface area contributed by atoms with Crippen LogP contribution in [0.15, 0.2) is 27.2 Å². The molecule has 192 valence electrons. The Morgan fingerprint density at radius 1 is 1.08 bits per heavy atom. The highest BCUT2D eigenvalue weighted by molar-refractivity contribution is 5.80. The minimum absolute atomic E-state index is 0.0402. The number of piperazine rings is 1. The van der Waals surface area contributed by atoms with Crippen molar-refractivity contribution < 1.29 is 18.4 Å². The van der Waals surface area contributed by atoms with Gasteiger partial charge in [0.05, 0.1) is 12.8 Å². The highest BCUT2D eigenvalue weighted by Crippen LogP contribution is 2.31. The van der Waals surface area contributed by atoms with Crippen molar-refractivity contribution in [3.8, 4) is 17.7 Å². The fourth-order valence-corrected chi connectivity index (χ4v) is 5.57. The molecule has 0 saturated carbocycles. The minimum Gasteiger partial charge on any atom is -0.459 e. The van der Waals surface area contributed by atoms with Gasteiger partial charge in [0.25, 0.3) is 5.89 Å². The largest absolute Gasteiger partial charge is 0.459 e. The first-order chi connectivity index (χ1) is 17.5. The molecule has 5 rings (SSSR count). The van der Waals surface area contributed by atoms with Gasteiger partial charge in [-0.15, -0.1) is 0 Å². The van der Waals surface area contributed by atoms with Crippen LogP contribution in [0.2, 0.25) is 0 Å². The summed E-state index contributed by atoms with van der Waals surface area (Å²) in [6.45, 7) is 7.50. The lowest BCUT2D eigenvalue weighted by Crippen LogP contribution is -2.54. The molecule has 10 heteroatoms. The van der Waals surface area contributed by atoms with Crippen molar-refractivity contribution in [3.63, 3.8) is 0 Å². The van der Waals surface area contributed by atoms with Crippen LogP contribution in [0.4, 0.5) is 5.88 Å². The molecule has 2 amide bonds. The molecule has 1 atom stereocenters. The number of hydrogen-bond acceptors (Lipinski definition) is 8. The molecular weight excluding hydrogens is 460 g/mol. The van der Waals surface area contributed by atoms with Crippen LogP contribution in [0, 0.1) is 17.2 Å². The molecule has 2 aromatic heterocycles. The second kappa shape index (κ2) is 10.7. The Morgan fingerprint density at radius 3 is 2.53 bits per heavy atom. The van der Waals surface area contributed by atoms with Gasteiger partial charge in [0, 0.05) is 57.8 Å². The Kier molecular flexibility index (Phi) is 7.28. The molecule has 3 fully saturated rings. The van der Waals surface area contributed by atoms with Gasteiger partial charge in [0.15, 0.2) is 5.76 Å².